The minimum Gasteiger partial charge on any atom is -0.351 e. The largest absolute Gasteiger partial charge is 0.351 e. The van der Waals surface area contributed by atoms with E-state index in [9.17, 15) is 13.2 Å². The lowest BCUT2D eigenvalue weighted by Gasteiger charge is -2.13. The summed E-state index contributed by atoms with van der Waals surface area (Å²) < 4.78 is 28.0. The first-order chi connectivity index (χ1) is 15.7. The molecule has 33 heavy (non-hydrogen) atoms. The van der Waals surface area contributed by atoms with E-state index in [1.807, 2.05) is 19.1 Å². The van der Waals surface area contributed by atoms with Crippen molar-refractivity contribution in [2.45, 2.75) is 24.5 Å². The van der Waals surface area contributed by atoms with Gasteiger partial charge in [0.2, 0.25) is 0 Å². The number of anilines is 1. The lowest BCUT2D eigenvalue weighted by molar-refractivity contribution is 0.0956. The highest BCUT2D eigenvalue weighted by atomic mass is 35.5. The van der Waals surface area contributed by atoms with E-state index < -0.39 is 10.0 Å². The van der Waals surface area contributed by atoms with Crippen LogP contribution in [0, 0.1) is 13.8 Å². The van der Waals surface area contributed by atoms with Gasteiger partial charge >= 0.3 is 0 Å². The van der Waals surface area contributed by atoms with Gasteiger partial charge in [-0.2, -0.15) is 11.8 Å². The number of nitrogens with one attached hydrogen (secondary N) is 2. The fourth-order valence-corrected chi connectivity index (χ4v) is 5.20. The molecule has 3 rings (SSSR count). The Bertz CT molecular complexity index is 1250. The zero-order valence-corrected chi connectivity index (χ0v) is 21.3. The van der Waals surface area contributed by atoms with Crippen molar-refractivity contribution in [1.29, 1.82) is 0 Å². The van der Waals surface area contributed by atoms with Gasteiger partial charge < -0.3 is 5.32 Å². The third-order valence-corrected chi connectivity index (χ3v) is 8.01. The quantitative estimate of drug-likeness (QED) is 0.334. The molecule has 3 aromatic carbocycles. The van der Waals surface area contributed by atoms with Crippen LogP contribution in [0.1, 0.15) is 27.0 Å². The summed E-state index contributed by atoms with van der Waals surface area (Å²) in [5.74, 6) is 1.20. The highest BCUT2D eigenvalue weighted by Crippen LogP contribution is 2.25. The van der Waals surface area contributed by atoms with Crippen LogP contribution >= 0.6 is 35.0 Å². The normalized spacial score (nSPS) is 11.3. The Kier molecular flexibility index (Phi) is 8.70. The van der Waals surface area contributed by atoms with Gasteiger partial charge in [0.05, 0.1) is 20.6 Å². The standard InChI is InChI=1S/C24H24Cl2N2O3S2/c1-16-3-8-20(9-4-16)33(30,31)28-23-14-19(7-5-17(23)2)24(29)27-11-12-32-15-18-6-10-21(25)22(26)13-18/h3-10,13-14,28H,11-12,15H2,1-2H3,(H,27,29). The molecule has 0 aliphatic carbocycles. The first-order valence-corrected chi connectivity index (χ1v) is 13.5. The molecule has 0 aliphatic heterocycles. The summed E-state index contributed by atoms with van der Waals surface area (Å²) in [6, 6.07) is 17.1. The molecule has 0 bridgehead atoms. The number of hydrogen-bond acceptors (Lipinski definition) is 4. The average Bonchev–Trinajstić information content (AvgIpc) is 2.77. The van der Waals surface area contributed by atoms with Crippen molar-refractivity contribution in [3.8, 4) is 0 Å². The Hall–Kier alpha value is -2.19. The summed E-state index contributed by atoms with van der Waals surface area (Å²) in [4.78, 5) is 12.7. The van der Waals surface area contributed by atoms with Crippen LogP contribution in [0.25, 0.3) is 0 Å². The third-order valence-electron chi connectivity index (χ3n) is 4.86. The minimum absolute atomic E-state index is 0.168. The Morgan fingerprint density at radius 3 is 2.36 bits per heavy atom. The van der Waals surface area contributed by atoms with Crippen LogP contribution in [0.2, 0.25) is 10.0 Å². The molecular formula is C24H24Cl2N2O3S2. The summed E-state index contributed by atoms with van der Waals surface area (Å²) >= 11 is 13.6. The fourth-order valence-electron chi connectivity index (χ4n) is 2.95. The van der Waals surface area contributed by atoms with Crippen molar-refractivity contribution in [1.82, 2.24) is 5.32 Å². The first kappa shape index (κ1) is 25.4. The van der Waals surface area contributed by atoms with Crippen molar-refractivity contribution < 1.29 is 13.2 Å². The van der Waals surface area contributed by atoms with Crippen LogP contribution in [-0.2, 0) is 15.8 Å². The van der Waals surface area contributed by atoms with Gasteiger partial charge in [0.1, 0.15) is 0 Å². The van der Waals surface area contributed by atoms with Gasteiger partial charge in [-0.1, -0.05) is 53.0 Å². The Morgan fingerprint density at radius 2 is 1.67 bits per heavy atom. The summed E-state index contributed by atoms with van der Waals surface area (Å²) in [5.41, 5.74) is 3.51. The van der Waals surface area contributed by atoms with Crippen LogP contribution in [0.5, 0.6) is 0 Å². The van der Waals surface area contributed by atoms with Crippen molar-refractivity contribution in [2.24, 2.45) is 0 Å². The molecule has 0 atom stereocenters. The average molecular weight is 524 g/mol. The molecule has 0 aliphatic rings. The number of thioether (sulfide) groups is 1. The molecule has 0 heterocycles. The molecule has 0 saturated heterocycles. The second-order valence-corrected chi connectivity index (χ2v) is 11.1. The predicted octanol–water partition coefficient (Wildman–Crippen LogP) is 6.07. The fraction of sp³-hybridized carbons (Fsp3) is 0.208. The highest BCUT2D eigenvalue weighted by Gasteiger charge is 2.16. The Morgan fingerprint density at radius 1 is 0.939 bits per heavy atom. The lowest BCUT2D eigenvalue weighted by atomic mass is 10.1. The molecule has 3 aromatic rings. The number of amides is 1. The second kappa shape index (κ2) is 11.3. The zero-order valence-electron chi connectivity index (χ0n) is 18.2. The number of sulfonamides is 1. The van der Waals surface area contributed by atoms with Crippen molar-refractivity contribution in [3.05, 3.63) is 93.0 Å². The predicted molar refractivity (Wildman–Crippen MR) is 138 cm³/mol. The molecular weight excluding hydrogens is 499 g/mol. The summed E-state index contributed by atoms with van der Waals surface area (Å²) in [5, 5.41) is 3.92. The Balaban J connectivity index is 1.56. The number of carbonyl (C=O) groups excluding carboxylic acids is 1. The first-order valence-electron chi connectivity index (χ1n) is 10.2. The van der Waals surface area contributed by atoms with Gasteiger partial charge in [0.15, 0.2) is 0 Å². The SMILES string of the molecule is Cc1ccc(S(=O)(=O)Nc2cc(C(=O)NCCSCc3ccc(Cl)c(Cl)c3)ccc2C)cc1. The van der Waals surface area contributed by atoms with Crippen molar-refractivity contribution >= 4 is 56.6 Å². The van der Waals surface area contributed by atoms with Crippen LogP contribution in [0.4, 0.5) is 5.69 Å². The van der Waals surface area contributed by atoms with Gasteiger partial charge in [-0.15, -0.1) is 0 Å². The molecule has 1 amide bonds. The van der Waals surface area contributed by atoms with E-state index in [1.54, 1.807) is 67.2 Å². The molecule has 0 saturated carbocycles. The molecule has 2 N–H and O–H groups in total. The maximum atomic E-state index is 12.7. The smallest absolute Gasteiger partial charge is 0.261 e. The van der Waals surface area contributed by atoms with Crippen molar-refractivity contribution in [3.63, 3.8) is 0 Å². The molecule has 5 nitrogen and oxygen atoms in total. The second-order valence-electron chi connectivity index (χ2n) is 7.51. The van der Waals surface area contributed by atoms with Crippen LogP contribution in [0.15, 0.2) is 65.6 Å². The number of benzene rings is 3. The van der Waals surface area contributed by atoms with E-state index in [1.165, 1.54) is 0 Å². The summed E-state index contributed by atoms with van der Waals surface area (Å²) in [6.07, 6.45) is 0. The number of aryl methyl sites for hydroxylation is 2. The zero-order chi connectivity index (χ0) is 24.0. The molecule has 0 radical (unpaired) electrons. The minimum atomic E-state index is -3.75. The molecule has 0 unspecified atom stereocenters. The molecule has 9 heteroatoms. The van der Waals surface area contributed by atoms with Crippen LogP contribution < -0.4 is 10.0 Å². The molecule has 0 spiro atoms. The molecule has 174 valence electrons. The van der Waals surface area contributed by atoms with Crippen LogP contribution in [-0.4, -0.2) is 26.6 Å². The van der Waals surface area contributed by atoms with E-state index in [0.717, 1.165) is 22.4 Å². The maximum Gasteiger partial charge on any atom is 0.261 e. The van der Waals surface area contributed by atoms with E-state index in [0.29, 0.717) is 33.6 Å². The van der Waals surface area contributed by atoms with Gasteiger partial charge in [-0.3, -0.25) is 9.52 Å². The Labute approximate surface area is 208 Å². The van der Waals surface area contributed by atoms with E-state index >= 15 is 0 Å². The molecule has 0 aromatic heterocycles. The monoisotopic (exact) mass is 522 g/mol. The van der Waals surface area contributed by atoms with Crippen LogP contribution in [0.3, 0.4) is 0 Å². The van der Waals surface area contributed by atoms with E-state index in [-0.39, 0.29) is 10.8 Å². The van der Waals surface area contributed by atoms with Gasteiger partial charge in [0, 0.05) is 23.6 Å². The summed E-state index contributed by atoms with van der Waals surface area (Å²) in [7, 11) is -3.75. The number of carbonyl (C=O) groups is 1. The molecule has 0 fully saturated rings. The number of rotatable bonds is 9. The number of hydrogen-bond donors (Lipinski definition) is 2. The lowest BCUT2D eigenvalue weighted by Crippen LogP contribution is -2.26. The maximum absolute atomic E-state index is 12.7. The van der Waals surface area contributed by atoms with Gasteiger partial charge in [0.25, 0.3) is 15.9 Å². The topological polar surface area (TPSA) is 75.3 Å². The third kappa shape index (κ3) is 7.14. The number of halogens is 2. The van der Waals surface area contributed by atoms with Crippen molar-refractivity contribution in [2.75, 3.05) is 17.0 Å². The van der Waals surface area contributed by atoms with Gasteiger partial charge in [-0.25, -0.2) is 8.42 Å². The van der Waals surface area contributed by atoms with E-state index in [4.69, 9.17) is 23.2 Å². The van der Waals surface area contributed by atoms with Gasteiger partial charge in [-0.05, 0) is 61.4 Å². The van der Waals surface area contributed by atoms with E-state index in [2.05, 4.69) is 10.0 Å². The summed E-state index contributed by atoms with van der Waals surface area (Å²) in [6.45, 7) is 4.15. The highest BCUT2D eigenvalue weighted by molar-refractivity contribution is 7.98.